The molecule has 15 heavy (non-hydrogen) atoms. The van der Waals surface area contributed by atoms with Gasteiger partial charge in [-0.05, 0) is 49.7 Å². The molecule has 2 rings (SSSR count). The molecule has 1 aliphatic carbocycles. The summed E-state index contributed by atoms with van der Waals surface area (Å²) in [6.45, 7) is 3.19. The van der Waals surface area contributed by atoms with Crippen molar-refractivity contribution in [1.82, 2.24) is 4.90 Å². The average Bonchev–Trinajstić information content (AvgIpc) is 2.80. The lowest BCUT2D eigenvalue weighted by molar-refractivity contribution is 0.269. The lowest BCUT2D eigenvalue weighted by atomic mass is 10.1. The molecule has 84 valence electrons. The molecule has 1 fully saturated rings. The number of thiophene rings is 1. The molecule has 1 aromatic heterocycles. The topological polar surface area (TPSA) is 29.3 Å². The molecule has 0 aromatic carbocycles. The SMILES string of the molecule is CN(CCc1cccs1)CC1(CN)CC1. The van der Waals surface area contributed by atoms with Crippen molar-refractivity contribution >= 4 is 11.3 Å². The summed E-state index contributed by atoms with van der Waals surface area (Å²) in [7, 11) is 2.21. The van der Waals surface area contributed by atoms with Crippen LogP contribution < -0.4 is 5.73 Å². The Labute approximate surface area is 96.1 Å². The summed E-state index contributed by atoms with van der Waals surface area (Å²) in [5.41, 5.74) is 6.26. The van der Waals surface area contributed by atoms with E-state index in [4.69, 9.17) is 5.73 Å². The fourth-order valence-electron chi connectivity index (χ4n) is 2.01. The summed E-state index contributed by atoms with van der Waals surface area (Å²) in [6, 6.07) is 4.34. The first-order chi connectivity index (χ1) is 7.24. The van der Waals surface area contributed by atoms with Gasteiger partial charge in [-0.15, -0.1) is 11.3 Å². The Morgan fingerprint density at radius 1 is 1.53 bits per heavy atom. The van der Waals surface area contributed by atoms with Gasteiger partial charge in [0.15, 0.2) is 0 Å². The standard InChI is InChI=1S/C12H20N2S/c1-14(10-12(9-13)5-6-12)7-4-11-3-2-8-15-11/h2-3,8H,4-7,9-10,13H2,1H3. The largest absolute Gasteiger partial charge is 0.330 e. The summed E-state index contributed by atoms with van der Waals surface area (Å²) in [5, 5.41) is 2.15. The molecule has 2 nitrogen and oxygen atoms in total. The molecular formula is C12H20N2S. The van der Waals surface area contributed by atoms with Crippen LogP contribution in [-0.4, -0.2) is 31.6 Å². The van der Waals surface area contributed by atoms with Gasteiger partial charge in [-0.25, -0.2) is 0 Å². The molecule has 0 radical (unpaired) electrons. The summed E-state index contributed by atoms with van der Waals surface area (Å²) in [5.74, 6) is 0. The smallest absolute Gasteiger partial charge is 0.00579 e. The fraction of sp³-hybridized carbons (Fsp3) is 0.667. The van der Waals surface area contributed by atoms with Crippen molar-refractivity contribution in [2.45, 2.75) is 19.3 Å². The lowest BCUT2D eigenvalue weighted by Gasteiger charge is -2.22. The number of hydrogen-bond donors (Lipinski definition) is 1. The van der Waals surface area contributed by atoms with E-state index in [1.54, 1.807) is 0 Å². The zero-order chi connectivity index (χ0) is 10.7. The maximum absolute atomic E-state index is 5.78. The normalized spacial score (nSPS) is 18.3. The minimum atomic E-state index is 0.476. The molecule has 0 saturated heterocycles. The first-order valence-electron chi connectivity index (χ1n) is 5.65. The highest BCUT2D eigenvalue weighted by Gasteiger charge is 2.41. The van der Waals surface area contributed by atoms with E-state index in [0.717, 1.165) is 13.1 Å². The highest BCUT2D eigenvalue weighted by molar-refractivity contribution is 7.09. The molecule has 1 aliphatic rings. The third kappa shape index (κ3) is 3.03. The summed E-state index contributed by atoms with van der Waals surface area (Å²) in [6.07, 6.45) is 3.83. The van der Waals surface area contributed by atoms with Gasteiger partial charge in [-0.3, -0.25) is 0 Å². The van der Waals surface area contributed by atoms with Crippen LogP contribution in [0.4, 0.5) is 0 Å². The van der Waals surface area contributed by atoms with E-state index in [1.807, 2.05) is 11.3 Å². The number of nitrogens with two attached hydrogens (primary N) is 1. The van der Waals surface area contributed by atoms with E-state index >= 15 is 0 Å². The van der Waals surface area contributed by atoms with E-state index in [0.29, 0.717) is 5.41 Å². The van der Waals surface area contributed by atoms with Crippen LogP contribution in [0.3, 0.4) is 0 Å². The number of rotatable bonds is 6. The Morgan fingerprint density at radius 2 is 2.33 bits per heavy atom. The summed E-state index contributed by atoms with van der Waals surface area (Å²) in [4.78, 5) is 3.92. The van der Waals surface area contributed by atoms with Crippen LogP contribution in [0.15, 0.2) is 17.5 Å². The van der Waals surface area contributed by atoms with Gasteiger partial charge in [0.25, 0.3) is 0 Å². The van der Waals surface area contributed by atoms with Gasteiger partial charge in [-0.1, -0.05) is 6.07 Å². The molecule has 0 amide bonds. The molecule has 0 bridgehead atoms. The number of nitrogens with zero attached hydrogens (tertiary/aromatic N) is 1. The van der Waals surface area contributed by atoms with Gasteiger partial charge in [-0.2, -0.15) is 0 Å². The molecule has 1 aromatic rings. The molecule has 2 N–H and O–H groups in total. The van der Waals surface area contributed by atoms with Crippen molar-refractivity contribution in [2.24, 2.45) is 11.1 Å². The summed E-state index contributed by atoms with van der Waals surface area (Å²) >= 11 is 1.85. The predicted molar refractivity (Wildman–Crippen MR) is 66.2 cm³/mol. The third-order valence-corrected chi connectivity index (χ3v) is 4.25. The van der Waals surface area contributed by atoms with Crippen LogP contribution in [-0.2, 0) is 6.42 Å². The van der Waals surface area contributed by atoms with Crippen LogP contribution in [0.25, 0.3) is 0 Å². The van der Waals surface area contributed by atoms with E-state index < -0.39 is 0 Å². The predicted octanol–water partition coefficient (Wildman–Crippen LogP) is 1.96. The number of likely N-dealkylation sites (N-methyl/N-ethyl adjacent to an activating group) is 1. The second-order valence-corrected chi connectivity index (χ2v) is 5.80. The number of hydrogen-bond acceptors (Lipinski definition) is 3. The van der Waals surface area contributed by atoms with Crippen molar-refractivity contribution in [2.75, 3.05) is 26.7 Å². The van der Waals surface area contributed by atoms with Gasteiger partial charge >= 0.3 is 0 Å². The van der Waals surface area contributed by atoms with Crippen molar-refractivity contribution in [3.63, 3.8) is 0 Å². The Hall–Kier alpha value is -0.380. The monoisotopic (exact) mass is 224 g/mol. The van der Waals surface area contributed by atoms with Crippen LogP contribution in [0.1, 0.15) is 17.7 Å². The molecule has 1 heterocycles. The molecule has 0 spiro atoms. The molecule has 0 aliphatic heterocycles. The van der Waals surface area contributed by atoms with Crippen molar-refractivity contribution in [3.8, 4) is 0 Å². The van der Waals surface area contributed by atoms with Gasteiger partial charge in [0, 0.05) is 18.0 Å². The van der Waals surface area contributed by atoms with Gasteiger partial charge in [0.1, 0.15) is 0 Å². The maximum Gasteiger partial charge on any atom is 0.00579 e. The maximum atomic E-state index is 5.78. The van der Waals surface area contributed by atoms with E-state index in [2.05, 4.69) is 29.5 Å². The van der Waals surface area contributed by atoms with Crippen LogP contribution >= 0.6 is 11.3 Å². The second kappa shape index (κ2) is 4.64. The third-order valence-electron chi connectivity index (χ3n) is 3.32. The molecular weight excluding hydrogens is 204 g/mol. The minimum absolute atomic E-state index is 0.476. The first-order valence-corrected chi connectivity index (χ1v) is 6.53. The highest BCUT2D eigenvalue weighted by Crippen LogP contribution is 2.44. The van der Waals surface area contributed by atoms with Crippen LogP contribution in [0.2, 0.25) is 0 Å². The van der Waals surface area contributed by atoms with Crippen LogP contribution in [0, 0.1) is 5.41 Å². The lowest BCUT2D eigenvalue weighted by Crippen LogP contribution is -2.32. The Bertz CT molecular complexity index is 291. The van der Waals surface area contributed by atoms with Crippen LogP contribution in [0.5, 0.6) is 0 Å². The second-order valence-electron chi connectivity index (χ2n) is 4.77. The Morgan fingerprint density at radius 3 is 2.87 bits per heavy atom. The van der Waals surface area contributed by atoms with Gasteiger partial charge in [0.2, 0.25) is 0 Å². The molecule has 0 atom stereocenters. The zero-order valence-corrected chi connectivity index (χ0v) is 10.2. The average molecular weight is 224 g/mol. The van der Waals surface area contributed by atoms with Crippen molar-refractivity contribution < 1.29 is 0 Å². The first kappa shape index (κ1) is 11.1. The van der Waals surface area contributed by atoms with Gasteiger partial charge < -0.3 is 10.6 Å². The van der Waals surface area contributed by atoms with Crippen molar-refractivity contribution in [1.29, 1.82) is 0 Å². The van der Waals surface area contributed by atoms with Gasteiger partial charge in [0.05, 0.1) is 0 Å². The quantitative estimate of drug-likeness (QED) is 0.800. The van der Waals surface area contributed by atoms with E-state index in [9.17, 15) is 0 Å². The molecule has 0 unspecified atom stereocenters. The Balaban J connectivity index is 1.71. The molecule has 1 saturated carbocycles. The molecule has 3 heteroatoms. The zero-order valence-electron chi connectivity index (χ0n) is 9.41. The summed E-state index contributed by atoms with van der Waals surface area (Å²) < 4.78 is 0. The highest BCUT2D eigenvalue weighted by atomic mass is 32.1. The fourth-order valence-corrected chi connectivity index (χ4v) is 2.71. The van der Waals surface area contributed by atoms with E-state index in [-0.39, 0.29) is 0 Å². The minimum Gasteiger partial charge on any atom is -0.330 e. The Kier molecular flexibility index (Phi) is 3.44. The van der Waals surface area contributed by atoms with Crippen molar-refractivity contribution in [3.05, 3.63) is 22.4 Å². The van der Waals surface area contributed by atoms with E-state index in [1.165, 1.54) is 30.7 Å².